The molecule has 1 atom stereocenters. The Bertz CT molecular complexity index is 1170. The number of carbonyl (C=O) groups excluding carboxylic acids is 1. The summed E-state index contributed by atoms with van der Waals surface area (Å²) in [7, 11) is 0. The summed E-state index contributed by atoms with van der Waals surface area (Å²) in [6.07, 6.45) is 0. The Morgan fingerprint density at radius 1 is 1.04 bits per heavy atom. The molecule has 2 N–H and O–H groups in total. The highest BCUT2D eigenvalue weighted by Crippen LogP contribution is 2.27. The highest BCUT2D eigenvalue weighted by atomic mass is 16.4. The van der Waals surface area contributed by atoms with E-state index in [0.717, 1.165) is 11.5 Å². The minimum Gasteiger partial charge on any atom is -0.458 e. The zero-order valence-corrected chi connectivity index (χ0v) is 14.6. The van der Waals surface area contributed by atoms with Crippen LogP contribution in [0.1, 0.15) is 23.2 Å². The Balaban J connectivity index is 1.55. The quantitative estimate of drug-likeness (QED) is 0.581. The lowest BCUT2D eigenvalue weighted by atomic mass is 10.0. The number of rotatable bonds is 4. The number of aliphatic hydroxyl groups is 1. The van der Waals surface area contributed by atoms with E-state index in [1.165, 1.54) is 0 Å². The van der Waals surface area contributed by atoms with Crippen LogP contribution in [0, 0.1) is 0 Å². The van der Waals surface area contributed by atoms with Crippen molar-refractivity contribution in [3.63, 3.8) is 0 Å². The van der Waals surface area contributed by atoms with E-state index in [1.807, 2.05) is 18.2 Å². The zero-order chi connectivity index (χ0) is 19.0. The fourth-order valence-corrected chi connectivity index (χ4v) is 2.89. The molecule has 4 aromatic rings. The van der Waals surface area contributed by atoms with E-state index in [1.54, 1.807) is 43.3 Å². The van der Waals surface area contributed by atoms with Gasteiger partial charge in [0.1, 0.15) is 22.5 Å². The van der Waals surface area contributed by atoms with Gasteiger partial charge in [-0.1, -0.05) is 30.3 Å². The van der Waals surface area contributed by atoms with Crippen LogP contribution in [0.4, 0.5) is 0 Å². The second kappa shape index (κ2) is 6.41. The van der Waals surface area contributed by atoms with Crippen molar-refractivity contribution in [1.82, 2.24) is 5.32 Å². The van der Waals surface area contributed by atoms with Crippen molar-refractivity contribution in [2.45, 2.75) is 12.5 Å². The Morgan fingerprint density at radius 2 is 1.74 bits per heavy atom. The van der Waals surface area contributed by atoms with Crippen molar-refractivity contribution in [2.24, 2.45) is 0 Å². The van der Waals surface area contributed by atoms with Gasteiger partial charge < -0.3 is 19.3 Å². The topological polar surface area (TPSA) is 92.7 Å². The SMILES string of the molecule is CC(O)(CNC(=O)c1cc(=O)c2ccccc2o1)c1cc2ccccc2o1. The average Bonchev–Trinajstić information content (AvgIpc) is 3.11. The number of fused-ring (bicyclic) bond motifs is 2. The summed E-state index contributed by atoms with van der Waals surface area (Å²) >= 11 is 0. The summed E-state index contributed by atoms with van der Waals surface area (Å²) in [4.78, 5) is 24.5. The lowest BCUT2D eigenvalue weighted by Gasteiger charge is -2.20. The van der Waals surface area contributed by atoms with Crippen LogP contribution in [-0.4, -0.2) is 17.6 Å². The summed E-state index contributed by atoms with van der Waals surface area (Å²) < 4.78 is 11.2. The predicted octanol–water partition coefficient (Wildman–Crippen LogP) is 3.18. The van der Waals surface area contributed by atoms with Gasteiger partial charge in [-0.2, -0.15) is 0 Å². The van der Waals surface area contributed by atoms with E-state index < -0.39 is 11.5 Å². The number of hydrogen-bond acceptors (Lipinski definition) is 5. The summed E-state index contributed by atoms with van der Waals surface area (Å²) in [5.41, 5.74) is -0.740. The number of amides is 1. The molecule has 6 heteroatoms. The summed E-state index contributed by atoms with van der Waals surface area (Å²) in [5, 5.41) is 14.6. The second-order valence-corrected chi connectivity index (χ2v) is 6.58. The van der Waals surface area contributed by atoms with Gasteiger partial charge in [-0.15, -0.1) is 0 Å². The molecule has 1 unspecified atom stereocenters. The molecule has 2 aromatic heterocycles. The molecule has 136 valence electrons. The molecule has 0 aliphatic heterocycles. The molecule has 4 rings (SSSR count). The maximum absolute atomic E-state index is 12.4. The van der Waals surface area contributed by atoms with Crippen LogP contribution in [0.15, 0.2) is 74.3 Å². The molecule has 6 nitrogen and oxygen atoms in total. The highest BCUT2D eigenvalue weighted by Gasteiger charge is 2.28. The van der Waals surface area contributed by atoms with Crippen molar-refractivity contribution < 1.29 is 18.7 Å². The molecule has 0 aliphatic carbocycles. The Kier molecular flexibility index (Phi) is 4.05. The van der Waals surface area contributed by atoms with Gasteiger partial charge >= 0.3 is 0 Å². The molecule has 0 fully saturated rings. The van der Waals surface area contributed by atoms with E-state index in [4.69, 9.17) is 8.83 Å². The van der Waals surface area contributed by atoms with Crippen molar-refractivity contribution >= 4 is 27.8 Å². The first-order chi connectivity index (χ1) is 12.9. The molecule has 0 radical (unpaired) electrons. The van der Waals surface area contributed by atoms with Crippen LogP contribution >= 0.6 is 0 Å². The number of hydrogen-bond donors (Lipinski definition) is 2. The standard InChI is InChI=1S/C21H17NO5/c1-21(25,19-10-13-6-2-4-8-16(13)27-19)12-22-20(24)18-11-15(23)14-7-3-5-9-17(14)26-18/h2-11,25H,12H2,1H3,(H,22,24). The highest BCUT2D eigenvalue weighted by molar-refractivity contribution is 5.93. The molecular formula is C21H17NO5. The molecule has 0 saturated carbocycles. The van der Waals surface area contributed by atoms with Crippen LogP contribution < -0.4 is 10.7 Å². The monoisotopic (exact) mass is 363 g/mol. The van der Waals surface area contributed by atoms with Crippen LogP contribution in [0.25, 0.3) is 21.9 Å². The molecule has 1 amide bonds. The molecule has 2 heterocycles. The molecular weight excluding hydrogens is 346 g/mol. The zero-order valence-electron chi connectivity index (χ0n) is 14.6. The Hall–Kier alpha value is -3.38. The minimum absolute atomic E-state index is 0.109. The van der Waals surface area contributed by atoms with Crippen molar-refractivity contribution in [3.05, 3.63) is 82.4 Å². The fraction of sp³-hybridized carbons (Fsp3) is 0.143. The number of carbonyl (C=O) groups is 1. The van der Waals surface area contributed by atoms with Gasteiger partial charge in [-0.25, -0.2) is 0 Å². The maximum atomic E-state index is 12.4. The van der Waals surface area contributed by atoms with Crippen LogP contribution in [0.2, 0.25) is 0 Å². The molecule has 27 heavy (non-hydrogen) atoms. The van der Waals surface area contributed by atoms with E-state index >= 15 is 0 Å². The van der Waals surface area contributed by atoms with Crippen LogP contribution in [0.3, 0.4) is 0 Å². The fourth-order valence-electron chi connectivity index (χ4n) is 2.89. The summed E-state index contributed by atoms with van der Waals surface area (Å²) in [6.45, 7) is 1.43. The minimum atomic E-state index is -1.42. The first-order valence-electron chi connectivity index (χ1n) is 8.46. The average molecular weight is 363 g/mol. The van der Waals surface area contributed by atoms with Gasteiger partial charge in [-0.05, 0) is 31.2 Å². The first kappa shape index (κ1) is 17.1. The number of furan rings is 1. The third-order valence-corrected chi connectivity index (χ3v) is 4.41. The summed E-state index contributed by atoms with van der Waals surface area (Å²) in [6, 6.07) is 17.0. The number of para-hydroxylation sites is 2. The largest absolute Gasteiger partial charge is 0.458 e. The van der Waals surface area contributed by atoms with E-state index in [9.17, 15) is 14.7 Å². The molecule has 2 aromatic carbocycles. The van der Waals surface area contributed by atoms with Gasteiger partial charge in [0.2, 0.25) is 0 Å². The van der Waals surface area contributed by atoms with Crippen molar-refractivity contribution in [3.8, 4) is 0 Å². The van der Waals surface area contributed by atoms with E-state index in [0.29, 0.717) is 22.3 Å². The van der Waals surface area contributed by atoms with Crippen LogP contribution in [-0.2, 0) is 5.60 Å². The number of nitrogens with one attached hydrogen (secondary N) is 1. The molecule has 0 bridgehead atoms. The van der Waals surface area contributed by atoms with Gasteiger partial charge in [0.05, 0.1) is 11.9 Å². The third kappa shape index (κ3) is 3.22. The maximum Gasteiger partial charge on any atom is 0.287 e. The second-order valence-electron chi connectivity index (χ2n) is 6.58. The predicted molar refractivity (Wildman–Crippen MR) is 101 cm³/mol. The molecule has 0 aliphatic rings. The van der Waals surface area contributed by atoms with E-state index in [-0.39, 0.29) is 17.7 Å². The van der Waals surface area contributed by atoms with Gasteiger partial charge in [0, 0.05) is 11.5 Å². The third-order valence-electron chi connectivity index (χ3n) is 4.41. The summed E-state index contributed by atoms with van der Waals surface area (Å²) in [5.74, 6) is -0.364. The van der Waals surface area contributed by atoms with Gasteiger partial charge in [0.15, 0.2) is 11.2 Å². The van der Waals surface area contributed by atoms with Gasteiger partial charge in [0.25, 0.3) is 5.91 Å². The van der Waals surface area contributed by atoms with Gasteiger partial charge in [-0.3, -0.25) is 9.59 Å². The lowest BCUT2D eigenvalue weighted by Crippen LogP contribution is -2.38. The smallest absolute Gasteiger partial charge is 0.287 e. The van der Waals surface area contributed by atoms with Crippen molar-refractivity contribution in [2.75, 3.05) is 6.54 Å². The first-order valence-corrected chi connectivity index (χ1v) is 8.46. The van der Waals surface area contributed by atoms with Crippen LogP contribution in [0.5, 0.6) is 0 Å². The lowest BCUT2D eigenvalue weighted by molar-refractivity contribution is 0.0340. The molecule has 0 saturated heterocycles. The van der Waals surface area contributed by atoms with E-state index in [2.05, 4.69) is 5.32 Å². The normalized spacial score (nSPS) is 13.6. The Labute approximate surface area is 154 Å². The Morgan fingerprint density at radius 3 is 2.52 bits per heavy atom. The number of benzene rings is 2. The molecule has 0 spiro atoms. The van der Waals surface area contributed by atoms with Crippen molar-refractivity contribution in [1.29, 1.82) is 0 Å².